The van der Waals surface area contributed by atoms with Gasteiger partial charge in [-0.15, -0.1) is 10.2 Å². The second-order valence-corrected chi connectivity index (χ2v) is 5.43. The SMILES string of the molecule is CCCCc1nnc(NC(=O)c2cccc([N+](=O)[O-])c2)s1. The Labute approximate surface area is 125 Å². The van der Waals surface area contributed by atoms with E-state index in [1.165, 1.54) is 35.6 Å². The molecule has 21 heavy (non-hydrogen) atoms. The van der Waals surface area contributed by atoms with Crippen LogP contribution in [0, 0.1) is 10.1 Å². The van der Waals surface area contributed by atoms with Gasteiger partial charge in [0, 0.05) is 24.1 Å². The summed E-state index contributed by atoms with van der Waals surface area (Å²) < 4.78 is 0. The maximum Gasteiger partial charge on any atom is 0.270 e. The Bertz CT molecular complexity index is 656. The lowest BCUT2D eigenvalue weighted by molar-refractivity contribution is -0.384. The van der Waals surface area contributed by atoms with Crippen LogP contribution in [-0.4, -0.2) is 21.0 Å². The minimum atomic E-state index is -0.537. The van der Waals surface area contributed by atoms with Gasteiger partial charge in [-0.05, 0) is 12.5 Å². The molecule has 0 aliphatic heterocycles. The second-order valence-electron chi connectivity index (χ2n) is 4.37. The fourth-order valence-corrected chi connectivity index (χ4v) is 2.44. The highest BCUT2D eigenvalue weighted by Gasteiger charge is 2.13. The molecule has 0 bridgehead atoms. The van der Waals surface area contributed by atoms with Crippen LogP contribution in [0.5, 0.6) is 0 Å². The van der Waals surface area contributed by atoms with Crippen molar-refractivity contribution in [2.45, 2.75) is 26.2 Å². The molecule has 0 saturated heterocycles. The van der Waals surface area contributed by atoms with E-state index in [1.807, 2.05) is 0 Å². The number of non-ortho nitro benzene ring substituents is 1. The molecular formula is C13H14N4O3S. The molecule has 0 radical (unpaired) electrons. The lowest BCUT2D eigenvalue weighted by Gasteiger charge is -2.00. The molecule has 0 aliphatic rings. The molecular weight excluding hydrogens is 292 g/mol. The van der Waals surface area contributed by atoms with Crippen LogP contribution in [0.1, 0.15) is 35.1 Å². The van der Waals surface area contributed by atoms with E-state index in [-0.39, 0.29) is 11.3 Å². The zero-order chi connectivity index (χ0) is 15.2. The predicted octanol–water partition coefficient (Wildman–Crippen LogP) is 3.04. The number of amides is 1. The number of carbonyl (C=O) groups excluding carboxylic acids is 1. The van der Waals surface area contributed by atoms with Crippen molar-refractivity contribution < 1.29 is 9.72 Å². The highest BCUT2D eigenvalue weighted by Crippen LogP contribution is 2.19. The zero-order valence-corrected chi connectivity index (χ0v) is 12.2. The highest BCUT2D eigenvalue weighted by molar-refractivity contribution is 7.15. The summed E-state index contributed by atoms with van der Waals surface area (Å²) in [7, 11) is 0. The van der Waals surface area contributed by atoms with E-state index in [9.17, 15) is 14.9 Å². The summed E-state index contributed by atoms with van der Waals surface area (Å²) in [5, 5.41) is 22.4. The van der Waals surface area contributed by atoms with Crippen molar-refractivity contribution in [3.05, 3.63) is 45.0 Å². The standard InChI is InChI=1S/C13H14N4O3S/c1-2-3-7-11-15-16-13(21-11)14-12(18)9-5-4-6-10(8-9)17(19)20/h4-6,8H,2-3,7H2,1H3,(H,14,16,18). The van der Waals surface area contributed by atoms with Crippen LogP contribution in [0.2, 0.25) is 0 Å². The molecule has 0 atom stereocenters. The van der Waals surface area contributed by atoms with Crippen LogP contribution in [0.15, 0.2) is 24.3 Å². The first-order valence-corrected chi connectivity index (χ1v) is 7.30. The molecule has 110 valence electrons. The van der Waals surface area contributed by atoms with E-state index in [4.69, 9.17) is 0 Å². The minimum Gasteiger partial charge on any atom is -0.296 e. The zero-order valence-electron chi connectivity index (χ0n) is 11.4. The Morgan fingerprint density at radius 1 is 1.43 bits per heavy atom. The topological polar surface area (TPSA) is 98.0 Å². The number of aryl methyl sites for hydroxylation is 1. The fourth-order valence-electron chi connectivity index (χ4n) is 1.66. The van der Waals surface area contributed by atoms with Crippen LogP contribution < -0.4 is 5.32 Å². The summed E-state index contributed by atoms with van der Waals surface area (Å²) in [6.45, 7) is 2.09. The van der Waals surface area contributed by atoms with Crippen molar-refractivity contribution in [2.24, 2.45) is 0 Å². The maximum atomic E-state index is 12.0. The Kier molecular flexibility index (Phi) is 4.94. The molecule has 8 heteroatoms. The van der Waals surface area contributed by atoms with E-state index in [0.29, 0.717) is 5.13 Å². The average Bonchev–Trinajstić information content (AvgIpc) is 2.92. The third kappa shape index (κ3) is 4.06. The molecule has 0 unspecified atom stereocenters. The van der Waals surface area contributed by atoms with Gasteiger partial charge in [0.25, 0.3) is 11.6 Å². The van der Waals surface area contributed by atoms with Crippen LogP contribution >= 0.6 is 11.3 Å². The molecule has 0 aliphatic carbocycles. The van der Waals surface area contributed by atoms with E-state index in [1.54, 1.807) is 0 Å². The largest absolute Gasteiger partial charge is 0.296 e. The van der Waals surface area contributed by atoms with Crippen molar-refractivity contribution in [3.8, 4) is 0 Å². The van der Waals surface area contributed by atoms with Crippen molar-refractivity contribution in [1.82, 2.24) is 10.2 Å². The average molecular weight is 306 g/mol. The van der Waals surface area contributed by atoms with Gasteiger partial charge in [-0.1, -0.05) is 30.7 Å². The summed E-state index contributed by atoms with van der Waals surface area (Å²) in [4.78, 5) is 22.2. The van der Waals surface area contributed by atoms with Gasteiger partial charge in [0.2, 0.25) is 5.13 Å². The fraction of sp³-hybridized carbons (Fsp3) is 0.308. The molecule has 7 nitrogen and oxygen atoms in total. The van der Waals surface area contributed by atoms with Gasteiger partial charge < -0.3 is 0 Å². The van der Waals surface area contributed by atoms with E-state index in [0.717, 1.165) is 24.3 Å². The van der Waals surface area contributed by atoms with Gasteiger partial charge in [0.1, 0.15) is 5.01 Å². The first kappa shape index (κ1) is 15.0. The molecule has 1 aromatic carbocycles. The molecule has 2 aromatic rings. The molecule has 1 amide bonds. The summed E-state index contributed by atoms with van der Waals surface area (Å²) in [6, 6.07) is 5.56. The number of unbranched alkanes of at least 4 members (excludes halogenated alkanes) is 1. The van der Waals surface area contributed by atoms with Crippen LogP contribution in [0.4, 0.5) is 10.8 Å². The van der Waals surface area contributed by atoms with Gasteiger partial charge in [-0.25, -0.2) is 0 Å². The number of benzene rings is 1. The number of aromatic nitrogens is 2. The summed E-state index contributed by atoms with van der Waals surface area (Å²) in [5.74, 6) is -0.433. The third-order valence-electron chi connectivity index (χ3n) is 2.75. The number of nitrogens with zero attached hydrogens (tertiary/aromatic N) is 3. The van der Waals surface area contributed by atoms with E-state index in [2.05, 4.69) is 22.4 Å². The number of carbonyl (C=O) groups is 1. The van der Waals surface area contributed by atoms with Gasteiger partial charge in [-0.2, -0.15) is 0 Å². The molecule has 0 fully saturated rings. The third-order valence-corrected chi connectivity index (χ3v) is 3.65. The molecule has 2 rings (SSSR count). The highest BCUT2D eigenvalue weighted by atomic mass is 32.1. The number of nitro benzene ring substituents is 1. The molecule has 1 heterocycles. The van der Waals surface area contributed by atoms with Crippen LogP contribution in [0.25, 0.3) is 0 Å². The lowest BCUT2D eigenvalue weighted by atomic mass is 10.2. The van der Waals surface area contributed by atoms with Gasteiger partial charge >= 0.3 is 0 Å². The predicted molar refractivity (Wildman–Crippen MR) is 79.6 cm³/mol. The number of nitrogens with one attached hydrogen (secondary N) is 1. The Morgan fingerprint density at radius 3 is 2.95 bits per heavy atom. The van der Waals surface area contributed by atoms with Crippen molar-refractivity contribution in [2.75, 3.05) is 5.32 Å². The summed E-state index contributed by atoms with van der Waals surface area (Å²) >= 11 is 1.32. The van der Waals surface area contributed by atoms with Gasteiger partial charge in [0.05, 0.1) is 4.92 Å². The Hall–Kier alpha value is -2.35. The number of rotatable bonds is 6. The van der Waals surface area contributed by atoms with Crippen LogP contribution in [0.3, 0.4) is 0 Å². The first-order chi connectivity index (χ1) is 10.1. The maximum absolute atomic E-state index is 12.0. The Balaban J connectivity index is 2.05. The Morgan fingerprint density at radius 2 is 2.24 bits per heavy atom. The molecule has 0 spiro atoms. The summed E-state index contributed by atoms with van der Waals surface area (Å²) in [6.07, 6.45) is 2.92. The van der Waals surface area contributed by atoms with Crippen molar-refractivity contribution in [3.63, 3.8) is 0 Å². The van der Waals surface area contributed by atoms with Crippen molar-refractivity contribution in [1.29, 1.82) is 0 Å². The smallest absolute Gasteiger partial charge is 0.270 e. The number of anilines is 1. The van der Waals surface area contributed by atoms with Crippen molar-refractivity contribution >= 4 is 28.1 Å². The molecule has 1 N–H and O–H groups in total. The second kappa shape index (κ2) is 6.89. The quantitative estimate of drug-likeness (QED) is 0.653. The number of hydrogen-bond donors (Lipinski definition) is 1. The number of hydrogen-bond acceptors (Lipinski definition) is 6. The van der Waals surface area contributed by atoms with E-state index < -0.39 is 10.8 Å². The minimum absolute atomic E-state index is 0.122. The molecule has 1 aromatic heterocycles. The van der Waals surface area contributed by atoms with E-state index >= 15 is 0 Å². The summed E-state index contributed by atoms with van der Waals surface area (Å²) in [5.41, 5.74) is 0.0954. The van der Waals surface area contributed by atoms with Gasteiger partial charge in [0.15, 0.2) is 0 Å². The van der Waals surface area contributed by atoms with Gasteiger partial charge in [-0.3, -0.25) is 20.2 Å². The normalized spacial score (nSPS) is 10.3. The number of nitro groups is 1. The molecule has 0 saturated carbocycles. The van der Waals surface area contributed by atoms with Crippen LogP contribution in [-0.2, 0) is 6.42 Å². The first-order valence-electron chi connectivity index (χ1n) is 6.48. The lowest BCUT2D eigenvalue weighted by Crippen LogP contribution is -2.11. The monoisotopic (exact) mass is 306 g/mol.